The third kappa shape index (κ3) is 4.33. The number of nitrogens with one attached hydrogen (secondary N) is 2. The van der Waals surface area contributed by atoms with Gasteiger partial charge >= 0.3 is 6.03 Å². The largest absolute Gasteiger partial charge is 0.323 e. The number of isocyanates is 1. The van der Waals surface area contributed by atoms with Gasteiger partial charge in [0.05, 0.1) is 5.69 Å². The molecule has 0 heterocycles. The molecule has 0 aromatic heterocycles. The molecule has 0 aliphatic rings. The minimum Gasteiger partial charge on any atom is -0.308 e. The number of amides is 2. The summed E-state index contributed by atoms with van der Waals surface area (Å²) in [5.74, 6) is 0. The summed E-state index contributed by atoms with van der Waals surface area (Å²) in [4.78, 5) is 25.8. The molecule has 106 valence electrons. The van der Waals surface area contributed by atoms with Crippen molar-refractivity contribution in [2.75, 3.05) is 10.6 Å². The fourth-order valence-corrected chi connectivity index (χ4v) is 1.96. The number of hydrogen-bond acceptors (Lipinski definition) is 3. The molecule has 7 heteroatoms. The first-order valence-corrected chi connectivity index (χ1v) is 6.55. The predicted molar refractivity (Wildman–Crippen MR) is 83.3 cm³/mol. The van der Waals surface area contributed by atoms with Gasteiger partial charge in [-0.2, -0.15) is 4.99 Å². The van der Waals surface area contributed by atoms with Gasteiger partial charge in [0.15, 0.2) is 0 Å². The van der Waals surface area contributed by atoms with Crippen LogP contribution in [0.2, 0.25) is 10.0 Å². The lowest BCUT2D eigenvalue weighted by atomic mass is 10.2. The van der Waals surface area contributed by atoms with Gasteiger partial charge in [-0.15, -0.1) is 0 Å². The van der Waals surface area contributed by atoms with Crippen LogP contribution in [0.1, 0.15) is 0 Å². The Morgan fingerprint density at radius 1 is 1.05 bits per heavy atom. The average molecular weight is 322 g/mol. The van der Waals surface area contributed by atoms with E-state index in [1.807, 2.05) is 0 Å². The molecular formula is C14H9Cl2N3O2. The van der Waals surface area contributed by atoms with Crippen LogP contribution in [0.5, 0.6) is 0 Å². The summed E-state index contributed by atoms with van der Waals surface area (Å²) in [6.45, 7) is 0. The van der Waals surface area contributed by atoms with E-state index >= 15 is 0 Å². The van der Waals surface area contributed by atoms with Crippen molar-refractivity contribution < 1.29 is 9.59 Å². The quantitative estimate of drug-likeness (QED) is 0.640. The Kier molecular flexibility index (Phi) is 4.95. The Bertz CT molecular complexity index is 728. The zero-order valence-electron chi connectivity index (χ0n) is 10.6. The summed E-state index contributed by atoms with van der Waals surface area (Å²) in [6.07, 6.45) is 1.41. The maximum atomic E-state index is 11.9. The second kappa shape index (κ2) is 6.90. The monoisotopic (exact) mass is 321 g/mol. The summed E-state index contributed by atoms with van der Waals surface area (Å²) in [5.41, 5.74) is 1.09. The van der Waals surface area contributed by atoms with Crippen LogP contribution in [-0.2, 0) is 4.79 Å². The Hall–Kier alpha value is -2.33. The molecule has 2 rings (SSSR count). The van der Waals surface area contributed by atoms with E-state index in [0.717, 1.165) is 0 Å². The summed E-state index contributed by atoms with van der Waals surface area (Å²) in [5, 5.41) is 6.07. The van der Waals surface area contributed by atoms with E-state index in [0.29, 0.717) is 21.4 Å². The van der Waals surface area contributed by atoms with Crippen molar-refractivity contribution >= 4 is 52.4 Å². The number of rotatable bonds is 3. The Morgan fingerprint density at radius 2 is 1.81 bits per heavy atom. The molecule has 0 saturated heterocycles. The van der Waals surface area contributed by atoms with E-state index in [-0.39, 0.29) is 5.69 Å². The van der Waals surface area contributed by atoms with E-state index in [9.17, 15) is 9.59 Å². The number of anilines is 2. The smallest absolute Gasteiger partial charge is 0.308 e. The van der Waals surface area contributed by atoms with Crippen LogP contribution in [0.25, 0.3) is 0 Å². The third-order valence-electron chi connectivity index (χ3n) is 2.46. The minimum atomic E-state index is -0.498. The fraction of sp³-hybridized carbons (Fsp3) is 0. The molecule has 2 N–H and O–H groups in total. The Morgan fingerprint density at radius 3 is 2.52 bits per heavy atom. The molecule has 0 saturated carbocycles. The van der Waals surface area contributed by atoms with Crippen LogP contribution >= 0.6 is 23.2 Å². The van der Waals surface area contributed by atoms with Gasteiger partial charge in [-0.1, -0.05) is 29.3 Å². The molecule has 0 radical (unpaired) electrons. The number of carbonyl (C=O) groups is 1. The number of aliphatic imine (C=N–C) groups is 1. The maximum absolute atomic E-state index is 11.9. The molecule has 2 aromatic rings. The number of nitrogens with zero attached hydrogens (tertiary/aromatic N) is 1. The highest BCUT2D eigenvalue weighted by Crippen LogP contribution is 2.28. The molecule has 21 heavy (non-hydrogen) atoms. The van der Waals surface area contributed by atoms with Crippen LogP contribution in [0.3, 0.4) is 0 Å². The summed E-state index contributed by atoms with van der Waals surface area (Å²) in [7, 11) is 0. The highest BCUT2D eigenvalue weighted by Gasteiger charge is 2.08. The van der Waals surface area contributed by atoms with E-state index in [1.54, 1.807) is 30.3 Å². The zero-order valence-corrected chi connectivity index (χ0v) is 12.1. The third-order valence-corrected chi connectivity index (χ3v) is 2.93. The molecular weight excluding hydrogens is 313 g/mol. The summed E-state index contributed by atoms with van der Waals surface area (Å²) >= 11 is 11.6. The van der Waals surface area contributed by atoms with Gasteiger partial charge in [0.25, 0.3) is 0 Å². The van der Waals surface area contributed by atoms with Gasteiger partial charge < -0.3 is 10.6 Å². The number of hydrogen-bond donors (Lipinski definition) is 2. The topological polar surface area (TPSA) is 70.6 Å². The van der Waals surface area contributed by atoms with E-state index in [2.05, 4.69) is 15.6 Å². The van der Waals surface area contributed by atoms with Gasteiger partial charge in [-0.3, -0.25) is 0 Å². The molecule has 5 nitrogen and oxygen atoms in total. The van der Waals surface area contributed by atoms with Crippen LogP contribution in [0, 0.1) is 0 Å². The molecule has 2 aromatic carbocycles. The molecule has 2 amide bonds. The first-order valence-electron chi connectivity index (χ1n) is 5.79. The molecule has 0 bridgehead atoms. The van der Waals surface area contributed by atoms with Gasteiger partial charge in [-0.25, -0.2) is 9.59 Å². The Labute approximate surface area is 130 Å². The van der Waals surface area contributed by atoms with Crippen molar-refractivity contribution in [2.45, 2.75) is 0 Å². The average Bonchev–Trinajstić information content (AvgIpc) is 2.42. The van der Waals surface area contributed by atoms with Crippen molar-refractivity contribution in [3.8, 4) is 0 Å². The van der Waals surface area contributed by atoms with Gasteiger partial charge in [0.2, 0.25) is 6.08 Å². The molecule has 0 atom stereocenters. The molecule has 0 spiro atoms. The van der Waals surface area contributed by atoms with Gasteiger partial charge in [0, 0.05) is 15.7 Å². The van der Waals surface area contributed by atoms with Gasteiger partial charge in [-0.05, 0) is 36.4 Å². The van der Waals surface area contributed by atoms with Crippen LogP contribution in [0.4, 0.5) is 21.9 Å². The fourth-order valence-electron chi connectivity index (χ4n) is 1.60. The van der Waals surface area contributed by atoms with E-state index in [1.165, 1.54) is 18.2 Å². The number of carbonyl (C=O) groups excluding carboxylic acids is 2. The molecule has 0 unspecified atom stereocenters. The minimum absolute atomic E-state index is 0.221. The van der Waals surface area contributed by atoms with Crippen molar-refractivity contribution in [2.24, 2.45) is 4.99 Å². The highest BCUT2D eigenvalue weighted by molar-refractivity contribution is 6.31. The number of benzene rings is 2. The normalized spacial score (nSPS) is 9.62. The number of urea groups is 1. The van der Waals surface area contributed by atoms with E-state index in [4.69, 9.17) is 23.2 Å². The lowest BCUT2D eigenvalue weighted by Crippen LogP contribution is -2.19. The van der Waals surface area contributed by atoms with Crippen LogP contribution in [0.15, 0.2) is 47.5 Å². The summed E-state index contributed by atoms with van der Waals surface area (Å²) < 4.78 is 0. The standard InChI is InChI=1S/C14H9Cl2N3O2/c15-9-2-1-3-11(6-9)18-14(21)19-12-5-4-10(16)7-13(12)17-8-20/h1-7H,(H2,18,19,21). The SMILES string of the molecule is O=C=Nc1cc(Cl)ccc1NC(=O)Nc1cccc(Cl)c1. The van der Waals surface area contributed by atoms with E-state index < -0.39 is 6.03 Å². The Balaban J connectivity index is 2.14. The van der Waals surface area contributed by atoms with Crippen LogP contribution < -0.4 is 10.6 Å². The lowest BCUT2D eigenvalue weighted by molar-refractivity contribution is 0.262. The first kappa shape index (κ1) is 15.1. The van der Waals surface area contributed by atoms with Crippen molar-refractivity contribution in [3.05, 3.63) is 52.5 Å². The first-order chi connectivity index (χ1) is 10.1. The molecule has 0 aliphatic heterocycles. The molecule has 0 aliphatic carbocycles. The summed E-state index contributed by atoms with van der Waals surface area (Å²) in [6, 6.07) is 10.8. The predicted octanol–water partition coefficient (Wildman–Crippen LogP) is 4.60. The van der Waals surface area contributed by atoms with Crippen molar-refractivity contribution in [1.29, 1.82) is 0 Å². The van der Waals surface area contributed by atoms with Gasteiger partial charge in [0.1, 0.15) is 5.69 Å². The van der Waals surface area contributed by atoms with Crippen molar-refractivity contribution in [3.63, 3.8) is 0 Å². The molecule has 0 fully saturated rings. The zero-order chi connectivity index (χ0) is 15.2. The number of halogens is 2. The maximum Gasteiger partial charge on any atom is 0.323 e. The second-order valence-corrected chi connectivity index (χ2v) is 4.83. The highest BCUT2D eigenvalue weighted by atomic mass is 35.5. The lowest BCUT2D eigenvalue weighted by Gasteiger charge is -2.09. The van der Waals surface area contributed by atoms with Crippen LogP contribution in [-0.4, -0.2) is 12.1 Å². The van der Waals surface area contributed by atoms with Crippen molar-refractivity contribution in [1.82, 2.24) is 0 Å². The second-order valence-electron chi connectivity index (χ2n) is 3.95.